The van der Waals surface area contributed by atoms with Crippen LogP contribution in [-0.4, -0.2) is 19.7 Å². The van der Waals surface area contributed by atoms with E-state index < -0.39 is 0 Å². The number of ether oxygens (including phenoxy) is 1. The predicted molar refractivity (Wildman–Crippen MR) is 57.8 cm³/mol. The molecule has 5 nitrogen and oxygen atoms in total. The number of aromatic nitrogens is 4. The summed E-state index contributed by atoms with van der Waals surface area (Å²) in [6.45, 7) is 1.96. The van der Waals surface area contributed by atoms with Crippen LogP contribution < -0.4 is 4.74 Å². The lowest BCUT2D eigenvalue weighted by Gasteiger charge is -2.01. The molecule has 0 aliphatic carbocycles. The number of aryl methyl sites for hydroxylation is 2. The molecule has 2 rings (SSSR count). The summed E-state index contributed by atoms with van der Waals surface area (Å²) in [5.74, 6) is 0.488. The molecule has 0 atom stereocenters. The first-order valence-corrected chi connectivity index (χ1v) is 5.10. The Labute approximate surface area is 95.2 Å². The topological polar surface area (TPSA) is 52.8 Å². The van der Waals surface area contributed by atoms with Crippen LogP contribution in [0, 0.1) is 6.92 Å². The smallest absolute Gasteiger partial charge is 0.342 e. The van der Waals surface area contributed by atoms with Gasteiger partial charge in [-0.25, -0.2) is 4.98 Å². The lowest BCUT2D eigenvalue weighted by Crippen LogP contribution is -1.92. The SMILES string of the molecule is Cc1cc(Oc2ncn(C)n2)ncc1Br. The van der Waals surface area contributed by atoms with E-state index in [9.17, 15) is 0 Å². The maximum absolute atomic E-state index is 5.36. The second-order valence-corrected chi connectivity index (χ2v) is 3.93. The standard InChI is InChI=1S/C9H9BrN4O/c1-6-3-8(11-4-7(6)10)15-9-12-5-14(2)13-9/h3-5H,1-2H3. The molecule has 15 heavy (non-hydrogen) atoms. The minimum atomic E-state index is 0.298. The summed E-state index contributed by atoms with van der Waals surface area (Å²) in [4.78, 5) is 8.03. The van der Waals surface area contributed by atoms with Crippen LogP contribution in [0.5, 0.6) is 11.9 Å². The third-order valence-electron chi connectivity index (χ3n) is 1.80. The highest BCUT2D eigenvalue weighted by Gasteiger charge is 2.04. The molecule has 0 aromatic carbocycles. The molecule has 2 aromatic heterocycles. The second-order valence-electron chi connectivity index (χ2n) is 3.07. The van der Waals surface area contributed by atoms with Gasteiger partial charge in [-0.05, 0) is 28.4 Å². The van der Waals surface area contributed by atoms with Crippen molar-refractivity contribution in [3.63, 3.8) is 0 Å². The highest BCUT2D eigenvalue weighted by atomic mass is 79.9. The van der Waals surface area contributed by atoms with Gasteiger partial charge in [-0.2, -0.15) is 4.98 Å². The quantitative estimate of drug-likeness (QED) is 0.837. The van der Waals surface area contributed by atoms with Crippen molar-refractivity contribution in [3.8, 4) is 11.9 Å². The lowest BCUT2D eigenvalue weighted by molar-refractivity contribution is 0.422. The average Bonchev–Trinajstić information content (AvgIpc) is 2.58. The third kappa shape index (κ3) is 2.33. The predicted octanol–water partition coefficient (Wildman–Crippen LogP) is 2.07. The van der Waals surface area contributed by atoms with E-state index in [1.807, 2.05) is 13.0 Å². The van der Waals surface area contributed by atoms with Crippen molar-refractivity contribution in [1.29, 1.82) is 0 Å². The molecule has 0 saturated carbocycles. The van der Waals surface area contributed by atoms with Crippen LogP contribution in [0.4, 0.5) is 0 Å². The van der Waals surface area contributed by atoms with Crippen LogP contribution in [0.2, 0.25) is 0 Å². The Morgan fingerprint density at radius 2 is 2.20 bits per heavy atom. The number of pyridine rings is 1. The van der Waals surface area contributed by atoms with Gasteiger partial charge in [-0.1, -0.05) is 0 Å². The van der Waals surface area contributed by atoms with Gasteiger partial charge in [0.05, 0.1) is 0 Å². The molecule has 0 amide bonds. The Kier molecular flexibility index (Phi) is 2.68. The molecule has 0 fully saturated rings. The number of rotatable bonds is 2. The fourth-order valence-corrected chi connectivity index (χ4v) is 1.25. The van der Waals surface area contributed by atoms with Gasteiger partial charge < -0.3 is 4.74 Å². The first kappa shape index (κ1) is 10.1. The molecule has 2 aromatic rings. The van der Waals surface area contributed by atoms with E-state index in [1.165, 1.54) is 0 Å². The molecular formula is C9H9BrN4O. The molecule has 0 unspecified atom stereocenters. The van der Waals surface area contributed by atoms with Crippen LogP contribution >= 0.6 is 15.9 Å². The largest absolute Gasteiger partial charge is 0.404 e. The van der Waals surface area contributed by atoms with Gasteiger partial charge >= 0.3 is 6.01 Å². The highest BCUT2D eigenvalue weighted by Crippen LogP contribution is 2.21. The van der Waals surface area contributed by atoms with E-state index in [1.54, 1.807) is 24.3 Å². The minimum Gasteiger partial charge on any atom is -0.404 e. The highest BCUT2D eigenvalue weighted by molar-refractivity contribution is 9.10. The summed E-state index contributed by atoms with van der Waals surface area (Å²) >= 11 is 3.37. The Hall–Kier alpha value is -1.43. The van der Waals surface area contributed by atoms with E-state index in [0.717, 1.165) is 10.0 Å². The number of hydrogen-bond donors (Lipinski definition) is 0. The van der Waals surface area contributed by atoms with Gasteiger partial charge in [0.2, 0.25) is 5.88 Å². The molecule has 2 heterocycles. The zero-order chi connectivity index (χ0) is 10.8. The number of halogens is 1. The van der Waals surface area contributed by atoms with E-state index >= 15 is 0 Å². The summed E-state index contributed by atoms with van der Waals surface area (Å²) in [7, 11) is 1.78. The Morgan fingerprint density at radius 3 is 2.80 bits per heavy atom. The van der Waals surface area contributed by atoms with Crippen LogP contribution in [0.1, 0.15) is 5.56 Å². The van der Waals surface area contributed by atoms with Crippen molar-refractivity contribution < 1.29 is 4.74 Å². The summed E-state index contributed by atoms with van der Waals surface area (Å²) < 4.78 is 7.88. The molecule has 78 valence electrons. The van der Waals surface area contributed by atoms with E-state index in [4.69, 9.17) is 4.74 Å². The fraction of sp³-hybridized carbons (Fsp3) is 0.222. The third-order valence-corrected chi connectivity index (χ3v) is 2.63. The Bertz CT molecular complexity index is 483. The average molecular weight is 269 g/mol. The summed E-state index contributed by atoms with van der Waals surface area (Å²) in [6, 6.07) is 2.12. The number of hydrogen-bond acceptors (Lipinski definition) is 4. The van der Waals surface area contributed by atoms with Crippen molar-refractivity contribution in [2.24, 2.45) is 7.05 Å². The molecule has 0 aliphatic rings. The van der Waals surface area contributed by atoms with Crippen LogP contribution in [-0.2, 0) is 7.05 Å². The molecule has 6 heteroatoms. The van der Waals surface area contributed by atoms with Gasteiger partial charge in [0.1, 0.15) is 6.33 Å². The maximum atomic E-state index is 5.36. The second kappa shape index (κ2) is 3.98. The van der Waals surface area contributed by atoms with Crippen molar-refractivity contribution in [2.45, 2.75) is 6.92 Å². The molecule has 0 radical (unpaired) electrons. The first-order chi connectivity index (χ1) is 7.15. The van der Waals surface area contributed by atoms with Gasteiger partial charge in [0, 0.05) is 23.8 Å². The molecular weight excluding hydrogens is 260 g/mol. The normalized spacial score (nSPS) is 10.3. The van der Waals surface area contributed by atoms with Gasteiger partial charge in [0.15, 0.2) is 0 Å². The summed E-state index contributed by atoms with van der Waals surface area (Å²) in [6.07, 6.45) is 3.26. The minimum absolute atomic E-state index is 0.298. The van der Waals surface area contributed by atoms with Crippen molar-refractivity contribution in [1.82, 2.24) is 19.7 Å². The molecule has 0 spiro atoms. The summed E-state index contributed by atoms with van der Waals surface area (Å²) in [5.41, 5.74) is 1.05. The summed E-state index contributed by atoms with van der Waals surface area (Å²) in [5, 5.41) is 3.99. The van der Waals surface area contributed by atoms with Crippen molar-refractivity contribution in [2.75, 3.05) is 0 Å². The van der Waals surface area contributed by atoms with Gasteiger partial charge in [0.25, 0.3) is 0 Å². The van der Waals surface area contributed by atoms with E-state index in [2.05, 4.69) is 31.0 Å². The molecule has 0 aliphatic heterocycles. The zero-order valence-corrected chi connectivity index (χ0v) is 9.89. The molecule has 0 saturated heterocycles. The van der Waals surface area contributed by atoms with Crippen LogP contribution in [0.25, 0.3) is 0 Å². The Balaban J connectivity index is 2.21. The fourth-order valence-electron chi connectivity index (χ4n) is 1.03. The van der Waals surface area contributed by atoms with Gasteiger partial charge in [-0.3, -0.25) is 4.68 Å². The lowest BCUT2D eigenvalue weighted by atomic mass is 10.3. The van der Waals surface area contributed by atoms with Crippen molar-refractivity contribution >= 4 is 15.9 Å². The molecule has 0 bridgehead atoms. The zero-order valence-electron chi connectivity index (χ0n) is 8.31. The maximum Gasteiger partial charge on any atom is 0.342 e. The van der Waals surface area contributed by atoms with Gasteiger partial charge in [-0.15, -0.1) is 5.10 Å². The van der Waals surface area contributed by atoms with Crippen LogP contribution in [0.15, 0.2) is 23.1 Å². The number of nitrogens with zero attached hydrogens (tertiary/aromatic N) is 4. The van der Waals surface area contributed by atoms with E-state index in [-0.39, 0.29) is 0 Å². The monoisotopic (exact) mass is 268 g/mol. The van der Waals surface area contributed by atoms with Crippen LogP contribution in [0.3, 0.4) is 0 Å². The van der Waals surface area contributed by atoms with E-state index in [0.29, 0.717) is 11.9 Å². The molecule has 0 N–H and O–H groups in total. The first-order valence-electron chi connectivity index (χ1n) is 4.31. The Morgan fingerprint density at radius 1 is 1.40 bits per heavy atom. The van der Waals surface area contributed by atoms with Crippen molar-refractivity contribution in [3.05, 3.63) is 28.6 Å².